The fraction of sp³-hybridized carbons (Fsp3) is 0.562. The molecule has 1 aromatic rings. The summed E-state index contributed by atoms with van der Waals surface area (Å²) in [5.74, 6) is 0.883. The average molecular weight is 278 g/mol. The molecule has 1 atom stereocenters. The van der Waals surface area contributed by atoms with Gasteiger partial charge < -0.3 is 15.4 Å². The van der Waals surface area contributed by atoms with E-state index in [9.17, 15) is 4.79 Å². The molecule has 20 heavy (non-hydrogen) atoms. The maximum Gasteiger partial charge on any atom is 0.237 e. The van der Waals surface area contributed by atoms with Crippen LogP contribution >= 0.6 is 0 Å². The molecule has 1 amide bonds. The van der Waals surface area contributed by atoms with Gasteiger partial charge in [-0.3, -0.25) is 4.79 Å². The van der Waals surface area contributed by atoms with Gasteiger partial charge in [0.25, 0.3) is 0 Å². The molecular weight excluding hydrogens is 252 g/mol. The number of benzene rings is 1. The first kappa shape index (κ1) is 16.5. The highest BCUT2D eigenvalue weighted by Gasteiger charge is 2.12. The molecule has 0 spiro atoms. The number of hydrogen-bond donors (Lipinski definition) is 2. The SMILES string of the molecule is CC(C)NC(=O)C(C)NCc1cccc(OC(C)C)c1. The molecule has 0 aliphatic carbocycles. The lowest BCUT2D eigenvalue weighted by molar-refractivity contribution is -0.123. The zero-order valence-corrected chi connectivity index (χ0v) is 13.1. The van der Waals surface area contributed by atoms with Crippen LogP contribution in [0.4, 0.5) is 0 Å². The molecule has 0 aliphatic heterocycles. The van der Waals surface area contributed by atoms with E-state index in [0.717, 1.165) is 11.3 Å². The fourth-order valence-electron chi connectivity index (χ4n) is 1.77. The number of amides is 1. The molecule has 112 valence electrons. The number of hydrogen-bond acceptors (Lipinski definition) is 3. The normalized spacial score (nSPS) is 12.6. The van der Waals surface area contributed by atoms with Crippen LogP contribution in [0, 0.1) is 0 Å². The molecule has 1 rings (SSSR count). The maximum absolute atomic E-state index is 11.8. The van der Waals surface area contributed by atoms with Gasteiger partial charge in [-0.15, -0.1) is 0 Å². The lowest BCUT2D eigenvalue weighted by Crippen LogP contribution is -2.44. The Labute approximate surface area is 121 Å². The Kier molecular flexibility index (Phi) is 6.52. The molecule has 0 fully saturated rings. The number of carbonyl (C=O) groups is 1. The second-order valence-corrected chi connectivity index (χ2v) is 5.58. The van der Waals surface area contributed by atoms with E-state index >= 15 is 0 Å². The summed E-state index contributed by atoms with van der Waals surface area (Å²) in [6.07, 6.45) is 0.161. The van der Waals surface area contributed by atoms with Crippen LogP contribution in [0.25, 0.3) is 0 Å². The lowest BCUT2D eigenvalue weighted by atomic mass is 10.2. The number of rotatable bonds is 7. The van der Waals surface area contributed by atoms with Gasteiger partial charge in [0.1, 0.15) is 5.75 Å². The summed E-state index contributed by atoms with van der Waals surface area (Å²) in [5.41, 5.74) is 1.10. The Hall–Kier alpha value is -1.55. The molecule has 4 heteroatoms. The van der Waals surface area contributed by atoms with Gasteiger partial charge in [-0.1, -0.05) is 12.1 Å². The highest BCUT2D eigenvalue weighted by atomic mass is 16.5. The fourth-order valence-corrected chi connectivity index (χ4v) is 1.77. The Bertz CT molecular complexity index is 430. The van der Waals surface area contributed by atoms with Gasteiger partial charge >= 0.3 is 0 Å². The molecule has 0 aromatic heterocycles. The van der Waals surface area contributed by atoms with Crippen molar-refractivity contribution >= 4 is 5.91 Å². The molecular formula is C16H26N2O2. The first-order chi connectivity index (χ1) is 9.38. The minimum atomic E-state index is -0.216. The summed E-state index contributed by atoms with van der Waals surface area (Å²) in [7, 11) is 0. The van der Waals surface area contributed by atoms with Crippen LogP contribution in [-0.4, -0.2) is 24.1 Å². The van der Waals surface area contributed by atoms with Crippen molar-refractivity contribution in [1.82, 2.24) is 10.6 Å². The number of carbonyl (C=O) groups excluding carboxylic acids is 1. The van der Waals surface area contributed by atoms with E-state index in [2.05, 4.69) is 10.6 Å². The molecule has 1 aromatic carbocycles. The van der Waals surface area contributed by atoms with Crippen LogP contribution in [0.5, 0.6) is 5.75 Å². The number of nitrogens with one attached hydrogen (secondary N) is 2. The standard InChI is InChI=1S/C16H26N2O2/c1-11(2)18-16(19)13(5)17-10-14-7-6-8-15(9-14)20-12(3)4/h6-9,11-13,17H,10H2,1-5H3,(H,18,19). The second kappa shape index (κ2) is 7.90. The van der Waals surface area contributed by atoms with Gasteiger partial charge in [0, 0.05) is 12.6 Å². The first-order valence-electron chi connectivity index (χ1n) is 7.18. The summed E-state index contributed by atoms with van der Waals surface area (Å²) in [6.45, 7) is 10.4. The van der Waals surface area contributed by atoms with Crippen LogP contribution in [0.3, 0.4) is 0 Å². The summed E-state index contributed by atoms with van der Waals surface area (Å²) in [4.78, 5) is 11.8. The lowest BCUT2D eigenvalue weighted by Gasteiger charge is -2.16. The van der Waals surface area contributed by atoms with Crippen molar-refractivity contribution in [1.29, 1.82) is 0 Å². The highest BCUT2D eigenvalue weighted by molar-refractivity contribution is 5.81. The van der Waals surface area contributed by atoms with Gasteiger partial charge in [-0.2, -0.15) is 0 Å². The molecule has 4 nitrogen and oxygen atoms in total. The van der Waals surface area contributed by atoms with Crippen molar-refractivity contribution in [3.05, 3.63) is 29.8 Å². The maximum atomic E-state index is 11.8. The number of ether oxygens (including phenoxy) is 1. The van der Waals surface area contributed by atoms with Crippen molar-refractivity contribution in [3.8, 4) is 5.75 Å². The summed E-state index contributed by atoms with van der Waals surface area (Å²) in [5, 5.41) is 6.11. The minimum absolute atomic E-state index is 0.0228. The molecule has 0 bridgehead atoms. The zero-order valence-electron chi connectivity index (χ0n) is 13.1. The molecule has 2 N–H and O–H groups in total. The first-order valence-corrected chi connectivity index (χ1v) is 7.18. The van der Waals surface area contributed by atoms with Crippen molar-refractivity contribution in [2.24, 2.45) is 0 Å². The van der Waals surface area contributed by atoms with Crippen LogP contribution in [0.1, 0.15) is 40.2 Å². The smallest absolute Gasteiger partial charge is 0.237 e. The predicted molar refractivity (Wildman–Crippen MR) is 81.8 cm³/mol. The second-order valence-electron chi connectivity index (χ2n) is 5.58. The van der Waals surface area contributed by atoms with Crippen molar-refractivity contribution in [3.63, 3.8) is 0 Å². The highest BCUT2D eigenvalue weighted by Crippen LogP contribution is 2.14. The van der Waals surface area contributed by atoms with E-state index < -0.39 is 0 Å². The van der Waals surface area contributed by atoms with Gasteiger partial charge in [0.2, 0.25) is 5.91 Å². The Morgan fingerprint density at radius 3 is 2.50 bits per heavy atom. The predicted octanol–water partition coefficient (Wildman–Crippen LogP) is 2.48. The third kappa shape index (κ3) is 6.06. The minimum Gasteiger partial charge on any atom is -0.491 e. The summed E-state index contributed by atoms with van der Waals surface area (Å²) in [6, 6.07) is 7.88. The average Bonchev–Trinajstić information content (AvgIpc) is 2.34. The van der Waals surface area contributed by atoms with Crippen LogP contribution < -0.4 is 15.4 Å². The molecule has 0 heterocycles. The molecule has 0 saturated heterocycles. The molecule has 0 aliphatic rings. The Balaban J connectivity index is 2.50. The topological polar surface area (TPSA) is 50.4 Å². The third-order valence-corrected chi connectivity index (χ3v) is 2.71. The zero-order chi connectivity index (χ0) is 15.1. The molecule has 0 saturated carbocycles. The van der Waals surface area contributed by atoms with E-state index in [1.165, 1.54) is 0 Å². The van der Waals surface area contributed by atoms with E-state index in [0.29, 0.717) is 6.54 Å². The van der Waals surface area contributed by atoms with Crippen LogP contribution in [-0.2, 0) is 11.3 Å². The Morgan fingerprint density at radius 1 is 1.20 bits per heavy atom. The van der Waals surface area contributed by atoms with Gasteiger partial charge in [0.15, 0.2) is 0 Å². The molecule has 1 unspecified atom stereocenters. The monoisotopic (exact) mass is 278 g/mol. The Morgan fingerprint density at radius 2 is 1.90 bits per heavy atom. The third-order valence-electron chi connectivity index (χ3n) is 2.71. The van der Waals surface area contributed by atoms with Crippen molar-refractivity contribution < 1.29 is 9.53 Å². The summed E-state index contributed by atoms with van der Waals surface area (Å²) >= 11 is 0. The van der Waals surface area contributed by atoms with E-state index in [-0.39, 0.29) is 24.1 Å². The van der Waals surface area contributed by atoms with E-state index in [1.807, 2.05) is 58.9 Å². The largest absolute Gasteiger partial charge is 0.491 e. The van der Waals surface area contributed by atoms with Crippen LogP contribution in [0.2, 0.25) is 0 Å². The van der Waals surface area contributed by atoms with Gasteiger partial charge in [0.05, 0.1) is 12.1 Å². The van der Waals surface area contributed by atoms with Crippen molar-refractivity contribution in [2.45, 2.75) is 59.4 Å². The van der Waals surface area contributed by atoms with Gasteiger partial charge in [-0.25, -0.2) is 0 Å². The summed E-state index contributed by atoms with van der Waals surface area (Å²) < 4.78 is 5.65. The van der Waals surface area contributed by atoms with Gasteiger partial charge in [-0.05, 0) is 52.3 Å². The molecule has 0 radical (unpaired) electrons. The quantitative estimate of drug-likeness (QED) is 0.805. The van der Waals surface area contributed by atoms with Crippen LogP contribution in [0.15, 0.2) is 24.3 Å². The van der Waals surface area contributed by atoms with E-state index in [4.69, 9.17) is 4.74 Å². The van der Waals surface area contributed by atoms with Crippen molar-refractivity contribution in [2.75, 3.05) is 0 Å². The van der Waals surface area contributed by atoms with E-state index in [1.54, 1.807) is 0 Å².